The normalized spacial score (nSPS) is 16.3. The quantitative estimate of drug-likeness (QED) is 0.549. The number of fused-ring (bicyclic) bond motifs is 3. The summed E-state index contributed by atoms with van der Waals surface area (Å²) in [5, 5.41) is 4.57. The van der Waals surface area contributed by atoms with Crippen LogP contribution >= 0.6 is 31.9 Å². The highest BCUT2D eigenvalue weighted by molar-refractivity contribution is 9.10. The molecule has 1 aliphatic rings. The molecule has 22 heavy (non-hydrogen) atoms. The molecule has 3 nitrogen and oxygen atoms in total. The van der Waals surface area contributed by atoms with Crippen LogP contribution in [-0.2, 0) is 0 Å². The third kappa shape index (κ3) is 2.03. The Hall–Kier alpha value is -1.59. The predicted octanol–water partition coefficient (Wildman–Crippen LogP) is 5.07. The van der Waals surface area contributed by atoms with Crippen molar-refractivity contribution in [1.29, 1.82) is 0 Å². The summed E-state index contributed by atoms with van der Waals surface area (Å²) in [6, 6.07) is 16.8. The summed E-state index contributed by atoms with van der Waals surface area (Å²) in [7, 11) is 2.11. The first-order chi connectivity index (χ1) is 10.7. The van der Waals surface area contributed by atoms with E-state index in [4.69, 9.17) is 0 Å². The van der Waals surface area contributed by atoms with Crippen LogP contribution in [0.1, 0.15) is 11.7 Å². The van der Waals surface area contributed by atoms with Gasteiger partial charge in [0.25, 0.3) is 0 Å². The third-order valence-electron chi connectivity index (χ3n) is 4.06. The molecular formula is C17H13Br2N3. The van der Waals surface area contributed by atoms with E-state index < -0.39 is 0 Å². The van der Waals surface area contributed by atoms with Crippen molar-refractivity contribution in [3.05, 3.63) is 69.2 Å². The van der Waals surface area contributed by atoms with Crippen LogP contribution < -0.4 is 4.90 Å². The molecule has 110 valence electrons. The van der Waals surface area contributed by atoms with E-state index in [1.165, 1.54) is 16.8 Å². The van der Waals surface area contributed by atoms with E-state index in [0.717, 1.165) is 14.6 Å². The molecule has 0 N–H and O–H groups in total. The minimum atomic E-state index is 0.0555. The van der Waals surface area contributed by atoms with Crippen LogP contribution in [0.4, 0.5) is 5.69 Å². The van der Waals surface area contributed by atoms with Crippen molar-refractivity contribution < 1.29 is 0 Å². The number of benzene rings is 2. The van der Waals surface area contributed by atoms with Gasteiger partial charge in [0.15, 0.2) is 0 Å². The number of anilines is 1. The molecule has 0 amide bonds. The van der Waals surface area contributed by atoms with Crippen LogP contribution in [0.2, 0.25) is 0 Å². The minimum Gasteiger partial charge on any atom is -0.348 e. The Morgan fingerprint density at radius 2 is 1.77 bits per heavy atom. The summed E-state index contributed by atoms with van der Waals surface area (Å²) in [6.45, 7) is 0. The molecule has 0 fully saturated rings. The molecule has 2 aromatic carbocycles. The molecule has 3 aromatic rings. The fourth-order valence-electron chi connectivity index (χ4n) is 3.06. The zero-order valence-corrected chi connectivity index (χ0v) is 15.0. The maximum atomic E-state index is 4.57. The Kier molecular flexibility index (Phi) is 3.35. The Morgan fingerprint density at radius 3 is 2.55 bits per heavy atom. The molecule has 4 rings (SSSR count). The molecule has 1 aromatic heterocycles. The smallest absolute Gasteiger partial charge is 0.149 e. The fraction of sp³-hybridized carbons (Fsp3) is 0.118. The van der Waals surface area contributed by atoms with E-state index in [2.05, 4.69) is 102 Å². The Morgan fingerprint density at radius 1 is 1.00 bits per heavy atom. The molecule has 0 spiro atoms. The molecule has 0 radical (unpaired) electrons. The molecule has 1 atom stereocenters. The van der Waals surface area contributed by atoms with Gasteiger partial charge in [-0.1, -0.05) is 50.1 Å². The highest BCUT2D eigenvalue weighted by Crippen LogP contribution is 2.44. The standard InChI is InChI=1S/C17H13Br2N3/c1-21-14-4-2-3-13(19)16(14)15-9-10-20-22(15)17(21)11-5-7-12(18)8-6-11/h2-10,17H,1H3. The highest BCUT2D eigenvalue weighted by Gasteiger charge is 2.31. The number of hydrogen-bond donors (Lipinski definition) is 0. The lowest BCUT2D eigenvalue weighted by Crippen LogP contribution is -2.34. The molecule has 5 heteroatoms. The summed E-state index contributed by atoms with van der Waals surface area (Å²) in [6.07, 6.45) is 1.92. The number of nitrogens with zero attached hydrogens (tertiary/aromatic N) is 3. The summed E-state index contributed by atoms with van der Waals surface area (Å²) in [5.74, 6) is 0. The van der Waals surface area contributed by atoms with Crippen molar-refractivity contribution in [3.63, 3.8) is 0 Å². The monoisotopic (exact) mass is 417 g/mol. The number of halogens is 2. The van der Waals surface area contributed by atoms with E-state index in [0.29, 0.717) is 0 Å². The Bertz CT molecular complexity index is 839. The largest absolute Gasteiger partial charge is 0.348 e. The summed E-state index contributed by atoms with van der Waals surface area (Å²) in [4.78, 5) is 2.27. The molecule has 0 aliphatic carbocycles. The summed E-state index contributed by atoms with van der Waals surface area (Å²) < 4.78 is 4.25. The lowest BCUT2D eigenvalue weighted by Gasteiger charge is -2.37. The Balaban J connectivity index is 1.95. The van der Waals surface area contributed by atoms with E-state index in [1.54, 1.807) is 0 Å². The molecule has 2 heterocycles. The average Bonchev–Trinajstić information content (AvgIpc) is 2.98. The lowest BCUT2D eigenvalue weighted by atomic mass is 10.0. The molecular weight excluding hydrogens is 406 g/mol. The maximum absolute atomic E-state index is 4.57. The zero-order chi connectivity index (χ0) is 15.3. The highest BCUT2D eigenvalue weighted by atomic mass is 79.9. The topological polar surface area (TPSA) is 21.1 Å². The third-order valence-corrected chi connectivity index (χ3v) is 5.25. The number of rotatable bonds is 1. The zero-order valence-electron chi connectivity index (χ0n) is 11.9. The van der Waals surface area contributed by atoms with Gasteiger partial charge >= 0.3 is 0 Å². The number of aromatic nitrogens is 2. The summed E-state index contributed by atoms with van der Waals surface area (Å²) >= 11 is 7.18. The van der Waals surface area contributed by atoms with E-state index in [1.807, 2.05) is 6.20 Å². The van der Waals surface area contributed by atoms with Gasteiger partial charge in [0.05, 0.1) is 5.69 Å². The Labute approximate surface area is 145 Å². The van der Waals surface area contributed by atoms with Crippen molar-refractivity contribution in [3.8, 4) is 11.3 Å². The average molecular weight is 419 g/mol. The van der Waals surface area contributed by atoms with Gasteiger partial charge in [0.2, 0.25) is 0 Å². The second kappa shape index (κ2) is 5.25. The van der Waals surface area contributed by atoms with Crippen LogP contribution in [0.25, 0.3) is 11.3 Å². The van der Waals surface area contributed by atoms with Crippen LogP contribution in [0.3, 0.4) is 0 Å². The number of hydrogen-bond acceptors (Lipinski definition) is 2. The molecule has 1 unspecified atom stereocenters. The van der Waals surface area contributed by atoms with Crippen LogP contribution in [0, 0.1) is 0 Å². The van der Waals surface area contributed by atoms with Gasteiger partial charge in [0.1, 0.15) is 6.17 Å². The maximum Gasteiger partial charge on any atom is 0.149 e. The molecule has 0 bridgehead atoms. The van der Waals surface area contributed by atoms with Gasteiger partial charge in [-0.25, -0.2) is 4.68 Å². The molecule has 0 saturated carbocycles. The van der Waals surface area contributed by atoms with E-state index in [-0.39, 0.29) is 6.17 Å². The van der Waals surface area contributed by atoms with Gasteiger partial charge in [-0.3, -0.25) is 0 Å². The SMILES string of the molecule is CN1c2cccc(Br)c2-c2ccnn2C1c1ccc(Br)cc1. The van der Waals surface area contributed by atoms with Gasteiger partial charge < -0.3 is 4.90 Å². The summed E-state index contributed by atoms with van der Waals surface area (Å²) in [5.41, 5.74) is 4.74. The van der Waals surface area contributed by atoms with Gasteiger partial charge in [0, 0.05) is 33.4 Å². The second-order valence-corrected chi connectivity index (χ2v) is 7.10. The van der Waals surface area contributed by atoms with Crippen LogP contribution in [0.5, 0.6) is 0 Å². The van der Waals surface area contributed by atoms with Crippen LogP contribution in [0.15, 0.2) is 63.7 Å². The van der Waals surface area contributed by atoms with E-state index in [9.17, 15) is 0 Å². The van der Waals surface area contributed by atoms with Crippen molar-refractivity contribution >= 4 is 37.5 Å². The van der Waals surface area contributed by atoms with Crippen molar-refractivity contribution in [2.45, 2.75) is 6.17 Å². The molecule has 0 saturated heterocycles. The van der Waals surface area contributed by atoms with Crippen LogP contribution in [-0.4, -0.2) is 16.8 Å². The second-order valence-electron chi connectivity index (χ2n) is 5.33. The first kappa shape index (κ1) is 14.0. The lowest BCUT2D eigenvalue weighted by molar-refractivity contribution is 0.511. The van der Waals surface area contributed by atoms with E-state index >= 15 is 0 Å². The van der Waals surface area contributed by atoms with Crippen molar-refractivity contribution in [2.24, 2.45) is 0 Å². The van der Waals surface area contributed by atoms with Gasteiger partial charge in [-0.2, -0.15) is 5.10 Å². The minimum absolute atomic E-state index is 0.0555. The predicted molar refractivity (Wildman–Crippen MR) is 96.0 cm³/mol. The first-order valence-corrected chi connectivity index (χ1v) is 8.56. The van der Waals surface area contributed by atoms with Gasteiger partial charge in [-0.15, -0.1) is 0 Å². The first-order valence-electron chi connectivity index (χ1n) is 6.97. The van der Waals surface area contributed by atoms with Gasteiger partial charge in [-0.05, 0) is 35.9 Å². The van der Waals surface area contributed by atoms with Crippen molar-refractivity contribution in [1.82, 2.24) is 9.78 Å². The fourth-order valence-corrected chi connectivity index (χ4v) is 3.89. The van der Waals surface area contributed by atoms with Crippen molar-refractivity contribution in [2.75, 3.05) is 11.9 Å². The molecule has 1 aliphatic heterocycles.